The van der Waals surface area contributed by atoms with Gasteiger partial charge in [-0.05, 0) is 18.4 Å². The maximum absolute atomic E-state index is 11.7. The van der Waals surface area contributed by atoms with E-state index >= 15 is 0 Å². The van der Waals surface area contributed by atoms with E-state index in [0.717, 1.165) is 11.3 Å². The molecule has 0 spiro atoms. The number of carbonyl (C=O) groups excluding carboxylic acids is 1. The van der Waals surface area contributed by atoms with E-state index in [1.165, 1.54) is 12.7 Å². The number of nitrogens with zero attached hydrogens (tertiary/aromatic N) is 3. The fraction of sp³-hybridized carbons (Fsp3) is 0.400. The summed E-state index contributed by atoms with van der Waals surface area (Å²) in [6, 6.07) is 8.23. The van der Waals surface area contributed by atoms with Crippen LogP contribution < -0.4 is 0 Å². The maximum atomic E-state index is 11.7. The van der Waals surface area contributed by atoms with E-state index < -0.39 is 5.97 Å². The first-order valence-electron chi connectivity index (χ1n) is 6.60. The second-order valence-corrected chi connectivity index (χ2v) is 5.11. The number of hydrogen-bond acceptors (Lipinski definition) is 4. The first-order valence-corrected chi connectivity index (χ1v) is 6.60. The maximum Gasteiger partial charge on any atom is 0.360 e. The number of rotatable bonds is 4. The Morgan fingerprint density at radius 3 is 2.50 bits per heavy atom. The van der Waals surface area contributed by atoms with E-state index in [-0.39, 0.29) is 5.92 Å². The molecule has 0 fully saturated rings. The van der Waals surface area contributed by atoms with Gasteiger partial charge in [-0.2, -0.15) is 0 Å². The van der Waals surface area contributed by atoms with Crippen LogP contribution in [0.25, 0.3) is 0 Å². The van der Waals surface area contributed by atoms with Crippen LogP contribution in [0.5, 0.6) is 0 Å². The van der Waals surface area contributed by atoms with Crippen LogP contribution >= 0.6 is 0 Å². The molecule has 0 unspecified atom stereocenters. The van der Waals surface area contributed by atoms with Gasteiger partial charge in [-0.3, -0.25) is 0 Å². The molecule has 2 rings (SSSR count). The lowest BCUT2D eigenvalue weighted by molar-refractivity contribution is 0.0592. The molecule has 0 bridgehead atoms. The van der Waals surface area contributed by atoms with Crippen molar-refractivity contribution in [3.63, 3.8) is 0 Å². The molecule has 106 valence electrons. The number of hydrogen-bond donors (Lipinski definition) is 0. The Labute approximate surface area is 118 Å². The number of esters is 1. The summed E-state index contributed by atoms with van der Waals surface area (Å²) in [7, 11) is 1.35. The van der Waals surface area contributed by atoms with Crippen LogP contribution in [0.15, 0.2) is 24.3 Å². The number of aryl methyl sites for hydroxylation is 1. The largest absolute Gasteiger partial charge is 0.464 e. The summed E-state index contributed by atoms with van der Waals surface area (Å²) in [6.45, 7) is 6.67. The van der Waals surface area contributed by atoms with Crippen LogP contribution in [0.1, 0.15) is 47.1 Å². The molecule has 0 aliphatic rings. The number of benzene rings is 1. The van der Waals surface area contributed by atoms with Crippen molar-refractivity contribution in [3.8, 4) is 0 Å². The quantitative estimate of drug-likeness (QED) is 0.803. The minimum atomic E-state index is -0.441. The van der Waals surface area contributed by atoms with Gasteiger partial charge in [-0.15, -0.1) is 5.10 Å². The first kappa shape index (κ1) is 14.2. The van der Waals surface area contributed by atoms with E-state index in [1.54, 1.807) is 4.68 Å². The molecule has 1 aromatic carbocycles. The molecule has 20 heavy (non-hydrogen) atoms. The third kappa shape index (κ3) is 2.87. The van der Waals surface area contributed by atoms with Gasteiger partial charge in [0.1, 0.15) is 0 Å². The average molecular weight is 273 g/mol. The van der Waals surface area contributed by atoms with Gasteiger partial charge in [-0.1, -0.05) is 48.9 Å². The highest BCUT2D eigenvalue weighted by Crippen LogP contribution is 2.19. The van der Waals surface area contributed by atoms with E-state index in [0.29, 0.717) is 12.2 Å². The van der Waals surface area contributed by atoms with Crippen molar-refractivity contribution < 1.29 is 9.53 Å². The smallest absolute Gasteiger partial charge is 0.360 e. The van der Waals surface area contributed by atoms with Crippen molar-refractivity contribution >= 4 is 5.97 Å². The third-order valence-corrected chi connectivity index (χ3v) is 3.15. The van der Waals surface area contributed by atoms with E-state index in [2.05, 4.69) is 34.6 Å². The zero-order chi connectivity index (χ0) is 14.7. The van der Waals surface area contributed by atoms with Gasteiger partial charge in [0.05, 0.1) is 19.3 Å². The predicted octanol–water partition coefficient (Wildman–Crippen LogP) is 2.54. The van der Waals surface area contributed by atoms with Crippen molar-refractivity contribution in [2.75, 3.05) is 7.11 Å². The normalized spacial score (nSPS) is 10.8. The van der Waals surface area contributed by atoms with Gasteiger partial charge in [0, 0.05) is 0 Å². The van der Waals surface area contributed by atoms with Gasteiger partial charge in [0.25, 0.3) is 0 Å². The Morgan fingerprint density at radius 1 is 1.30 bits per heavy atom. The molecule has 1 aromatic heterocycles. The summed E-state index contributed by atoms with van der Waals surface area (Å²) in [4.78, 5) is 11.7. The molecule has 0 N–H and O–H groups in total. The molecule has 2 aromatic rings. The Bertz CT molecular complexity index is 600. The summed E-state index contributed by atoms with van der Waals surface area (Å²) in [6.07, 6.45) is 0. The summed E-state index contributed by atoms with van der Waals surface area (Å²) in [5, 5.41) is 8.05. The second-order valence-electron chi connectivity index (χ2n) is 5.11. The summed E-state index contributed by atoms with van der Waals surface area (Å²) in [5.41, 5.74) is 3.44. The molecule has 0 saturated heterocycles. The summed E-state index contributed by atoms with van der Waals surface area (Å²) < 4.78 is 6.52. The standard InChI is InChI=1S/C15H19N3O2/c1-10(2)14-13(15(19)20-4)16-17-18(14)9-12-7-5-11(3)6-8-12/h5-8,10H,9H2,1-4H3. The van der Waals surface area contributed by atoms with E-state index in [9.17, 15) is 4.79 Å². The lowest BCUT2D eigenvalue weighted by atomic mass is 10.1. The highest BCUT2D eigenvalue weighted by atomic mass is 16.5. The fourth-order valence-corrected chi connectivity index (χ4v) is 2.12. The molecular weight excluding hydrogens is 254 g/mol. The van der Waals surface area contributed by atoms with Gasteiger partial charge in [0.2, 0.25) is 0 Å². The van der Waals surface area contributed by atoms with Crippen LogP contribution in [0.2, 0.25) is 0 Å². The Hall–Kier alpha value is -2.17. The van der Waals surface area contributed by atoms with E-state index in [1.807, 2.05) is 20.8 Å². The Morgan fingerprint density at radius 2 is 1.95 bits per heavy atom. The SMILES string of the molecule is COC(=O)c1nnn(Cc2ccc(C)cc2)c1C(C)C. The van der Waals surface area contributed by atoms with Crippen molar-refractivity contribution in [2.24, 2.45) is 0 Å². The monoisotopic (exact) mass is 273 g/mol. The highest BCUT2D eigenvalue weighted by molar-refractivity contribution is 5.88. The van der Waals surface area contributed by atoms with Crippen molar-refractivity contribution in [3.05, 3.63) is 46.8 Å². The van der Waals surface area contributed by atoms with Crippen LogP contribution in [0.3, 0.4) is 0 Å². The number of ether oxygens (including phenoxy) is 1. The molecule has 0 saturated carbocycles. The Balaban J connectivity index is 2.34. The topological polar surface area (TPSA) is 57.0 Å². The van der Waals surface area contributed by atoms with Crippen LogP contribution in [-0.4, -0.2) is 28.1 Å². The number of methoxy groups -OCH3 is 1. The zero-order valence-electron chi connectivity index (χ0n) is 12.3. The molecule has 5 heteroatoms. The number of carbonyl (C=O) groups is 1. The second kappa shape index (κ2) is 5.86. The van der Waals surface area contributed by atoms with Crippen molar-refractivity contribution in [2.45, 2.75) is 33.2 Å². The predicted molar refractivity (Wildman–Crippen MR) is 75.7 cm³/mol. The van der Waals surface area contributed by atoms with Crippen molar-refractivity contribution in [1.82, 2.24) is 15.0 Å². The van der Waals surface area contributed by atoms with Crippen molar-refractivity contribution in [1.29, 1.82) is 0 Å². The summed E-state index contributed by atoms with van der Waals surface area (Å²) >= 11 is 0. The van der Waals surface area contributed by atoms with Crippen LogP contribution in [-0.2, 0) is 11.3 Å². The van der Waals surface area contributed by atoms with E-state index in [4.69, 9.17) is 4.74 Å². The molecule has 0 atom stereocenters. The molecule has 1 heterocycles. The Kier molecular flexibility index (Phi) is 4.17. The minimum Gasteiger partial charge on any atom is -0.464 e. The molecule has 0 amide bonds. The highest BCUT2D eigenvalue weighted by Gasteiger charge is 2.22. The van der Waals surface area contributed by atoms with Crippen LogP contribution in [0.4, 0.5) is 0 Å². The lowest BCUT2D eigenvalue weighted by Gasteiger charge is -2.10. The average Bonchev–Trinajstić information content (AvgIpc) is 2.84. The number of aromatic nitrogens is 3. The van der Waals surface area contributed by atoms with Gasteiger partial charge in [0.15, 0.2) is 5.69 Å². The molecule has 5 nitrogen and oxygen atoms in total. The third-order valence-electron chi connectivity index (χ3n) is 3.15. The molecular formula is C15H19N3O2. The lowest BCUT2D eigenvalue weighted by Crippen LogP contribution is -2.12. The van der Waals surface area contributed by atoms with Gasteiger partial charge in [-0.25, -0.2) is 9.48 Å². The zero-order valence-corrected chi connectivity index (χ0v) is 12.3. The van der Waals surface area contributed by atoms with Gasteiger partial charge >= 0.3 is 5.97 Å². The van der Waals surface area contributed by atoms with Crippen LogP contribution in [0, 0.1) is 6.92 Å². The van der Waals surface area contributed by atoms with Gasteiger partial charge < -0.3 is 4.74 Å². The first-order chi connectivity index (χ1) is 9.52. The molecule has 0 radical (unpaired) electrons. The minimum absolute atomic E-state index is 0.143. The molecule has 0 aliphatic heterocycles. The summed E-state index contributed by atoms with van der Waals surface area (Å²) in [5.74, 6) is -0.298. The fourth-order valence-electron chi connectivity index (χ4n) is 2.12. The molecule has 0 aliphatic carbocycles.